The number of aryl methyl sites for hydroxylation is 2. The highest BCUT2D eigenvalue weighted by atomic mass is 16.3. The highest BCUT2D eigenvalue weighted by Gasteiger charge is 2.17. The molecule has 0 unspecified atom stereocenters. The van der Waals surface area contributed by atoms with E-state index in [0.29, 0.717) is 24.1 Å². The van der Waals surface area contributed by atoms with E-state index in [1.165, 1.54) is 6.21 Å². The van der Waals surface area contributed by atoms with Crippen molar-refractivity contribution in [2.75, 3.05) is 0 Å². The summed E-state index contributed by atoms with van der Waals surface area (Å²) >= 11 is 0. The van der Waals surface area contributed by atoms with E-state index in [2.05, 4.69) is 6.92 Å². The minimum Gasteiger partial charge on any atom is -0.508 e. The Morgan fingerprint density at radius 3 is 2.32 bits per heavy atom. The molecule has 1 aromatic heterocycles. The van der Waals surface area contributed by atoms with E-state index in [9.17, 15) is 9.90 Å². The van der Waals surface area contributed by atoms with Crippen LogP contribution in [0.3, 0.4) is 0 Å². The van der Waals surface area contributed by atoms with Crippen molar-refractivity contribution in [2.24, 2.45) is 0 Å². The number of aromatic hydroxyl groups is 1. The Kier molecular flexibility index (Phi) is 7.02. The van der Waals surface area contributed by atoms with E-state index >= 15 is 0 Å². The number of hydrogen-bond acceptors (Lipinski definition) is 4. The van der Waals surface area contributed by atoms with E-state index in [1.54, 1.807) is 28.8 Å². The predicted octanol–water partition coefficient (Wildman–Crippen LogP) is 5.71. The third-order valence-corrected chi connectivity index (χ3v) is 6.00. The van der Waals surface area contributed by atoms with Gasteiger partial charge in [-0.25, -0.2) is 4.98 Å². The summed E-state index contributed by atoms with van der Waals surface area (Å²) in [6.07, 6.45) is 4.15. The quantitative estimate of drug-likeness (QED) is 0.337. The van der Waals surface area contributed by atoms with Gasteiger partial charge in [-0.3, -0.25) is 9.36 Å². The molecular weight excluding hydrogens is 422 g/mol. The molecule has 0 amide bonds. The van der Waals surface area contributed by atoms with Crippen molar-refractivity contribution in [3.05, 3.63) is 111 Å². The van der Waals surface area contributed by atoms with Crippen LogP contribution < -0.4 is 5.56 Å². The first kappa shape index (κ1) is 23.2. The highest BCUT2D eigenvalue weighted by Crippen LogP contribution is 2.24. The summed E-state index contributed by atoms with van der Waals surface area (Å²) in [6, 6.07) is 22.7. The lowest BCUT2D eigenvalue weighted by molar-refractivity contribution is 0.475. The van der Waals surface area contributed by atoms with Crippen molar-refractivity contribution < 1.29 is 5.11 Å². The number of benzene rings is 3. The zero-order valence-electron chi connectivity index (χ0n) is 19.6. The Bertz CT molecular complexity index is 1350. The van der Waals surface area contributed by atoms with Crippen LogP contribution in [0.15, 0.2) is 77.6 Å². The first-order chi connectivity index (χ1) is 16.5. The lowest BCUT2D eigenvalue weighted by atomic mass is 9.97. The first-order valence-corrected chi connectivity index (χ1v) is 11.7. The van der Waals surface area contributed by atoms with E-state index in [0.717, 1.165) is 46.6 Å². The van der Waals surface area contributed by atoms with Gasteiger partial charge in [-0.15, -0.1) is 0 Å². The molecule has 0 aliphatic heterocycles. The van der Waals surface area contributed by atoms with E-state index in [-0.39, 0.29) is 11.3 Å². The summed E-state index contributed by atoms with van der Waals surface area (Å²) < 4.78 is 1.67. The number of aromatic nitrogens is 2. The van der Waals surface area contributed by atoms with Gasteiger partial charge in [0.15, 0.2) is 0 Å². The summed E-state index contributed by atoms with van der Waals surface area (Å²) in [5.41, 5.74) is 6.18. The minimum atomic E-state index is -0.0563. The number of phenolic OH excluding ortho intramolecular Hbond substituents is 1. The zero-order valence-corrected chi connectivity index (χ0v) is 19.6. The van der Waals surface area contributed by atoms with Gasteiger partial charge >= 0.3 is 0 Å². The molecule has 3 aromatic carbocycles. The fourth-order valence-electron chi connectivity index (χ4n) is 4.27. The average molecular weight is 452 g/mol. The van der Waals surface area contributed by atoms with Gasteiger partial charge in [-0.05, 0) is 52.9 Å². The van der Waals surface area contributed by atoms with Crippen LogP contribution in [0.1, 0.15) is 48.5 Å². The normalized spacial score (nSPS) is 10.9. The van der Waals surface area contributed by atoms with E-state index < -0.39 is 0 Å². The minimum absolute atomic E-state index is 0.0563. The van der Waals surface area contributed by atoms with Gasteiger partial charge in [-0.2, -0.15) is 0 Å². The molecule has 0 radical (unpaired) electrons. The molecule has 0 aliphatic carbocycles. The van der Waals surface area contributed by atoms with E-state index in [4.69, 9.17) is 10.4 Å². The molecule has 0 bridgehead atoms. The summed E-state index contributed by atoms with van der Waals surface area (Å²) in [7, 11) is 0. The molecule has 5 nitrogen and oxygen atoms in total. The fourth-order valence-corrected chi connectivity index (χ4v) is 4.27. The van der Waals surface area contributed by atoms with Crippen LogP contribution in [0.25, 0.3) is 16.8 Å². The molecule has 4 aromatic rings. The van der Waals surface area contributed by atoms with Crippen LogP contribution in [-0.4, -0.2) is 20.9 Å². The van der Waals surface area contributed by atoms with E-state index in [1.807, 2.05) is 55.5 Å². The highest BCUT2D eigenvalue weighted by molar-refractivity contribution is 5.88. The number of phenols is 1. The molecule has 34 heavy (non-hydrogen) atoms. The Hall–Kier alpha value is -3.99. The smallest absolute Gasteiger partial charge is 0.261 e. The third-order valence-electron chi connectivity index (χ3n) is 6.00. The lowest BCUT2D eigenvalue weighted by Gasteiger charge is -2.17. The van der Waals surface area contributed by atoms with Crippen molar-refractivity contribution >= 4 is 6.21 Å². The van der Waals surface area contributed by atoms with Crippen molar-refractivity contribution in [3.8, 4) is 22.6 Å². The molecule has 0 saturated carbocycles. The second-order valence-corrected chi connectivity index (χ2v) is 8.32. The van der Waals surface area contributed by atoms with Crippen LogP contribution in [-0.2, 0) is 19.3 Å². The molecule has 0 aliphatic rings. The van der Waals surface area contributed by atoms with Gasteiger partial charge in [0.2, 0.25) is 0 Å². The molecule has 2 N–H and O–H groups in total. The van der Waals surface area contributed by atoms with Crippen LogP contribution in [0, 0.1) is 5.41 Å². The van der Waals surface area contributed by atoms with Gasteiger partial charge in [-0.1, -0.05) is 68.8 Å². The summed E-state index contributed by atoms with van der Waals surface area (Å²) in [6.45, 7) is 4.09. The van der Waals surface area contributed by atoms with Gasteiger partial charge in [0, 0.05) is 24.6 Å². The Morgan fingerprint density at radius 1 is 0.971 bits per heavy atom. The monoisotopic (exact) mass is 451 g/mol. The molecule has 1 heterocycles. The van der Waals surface area contributed by atoms with Crippen LogP contribution in [0.5, 0.6) is 5.75 Å². The van der Waals surface area contributed by atoms with Crippen molar-refractivity contribution in [2.45, 2.75) is 39.5 Å². The average Bonchev–Trinajstić information content (AvgIpc) is 2.87. The standard InChI is InChI=1S/C29H29N3O2/c1-3-7-27-26(29(34)32(28(4-2)31-27)23-14-16-24(33)17-15-23)18-20-10-12-21(13-11-20)25-9-6-5-8-22(25)19-30/h5-6,8-17,19,30,33H,3-4,7,18H2,1-2H3. The largest absolute Gasteiger partial charge is 0.508 e. The van der Waals surface area contributed by atoms with Gasteiger partial charge in [0.25, 0.3) is 5.56 Å². The Morgan fingerprint density at radius 2 is 1.68 bits per heavy atom. The first-order valence-electron chi connectivity index (χ1n) is 11.7. The maximum absolute atomic E-state index is 13.7. The Balaban J connectivity index is 1.76. The number of nitrogens with zero attached hydrogens (tertiary/aromatic N) is 2. The zero-order chi connectivity index (χ0) is 24.1. The molecule has 172 valence electrons. The molecule has 0 atom stereocenters. The number of hydrogen-bond donors (Lipinski definition) is 2. The Labute approximate surface area is 199 Å². The lowest BCUT2D eigenvalue weighted by Crippen LogP contribution is -2.29. The summed E-state index contributed by atoms with van der Waals surface area (Å²) in [4.78, 5) is 18.6. The topological polar surface area (TPSA) is 79.0 Å². The van der Waals surface area contributed by atoms with Crippen molar-refractivity contribution in [3.63, 3.8) is 0 Å². The van der Waals surface area contributed by atoms with Gasteiger partial charge in [0.05, 0.1) is 11.4 Å². The fraction of sp³-hybridized carbons (Fsp3) is 0.207. The second kappa shape index (κ2) is 10.3. The van der Waals surface area contributed by atoms with Gasteiger partial charge < -0.3 is 10.5 Å². The second-order valence-electron chi connectivity index (χ2n) is 8.32. The molecule has 5 heteroatoms. The maximum Gasteiger partial charge on any atom is 0.261 e. The molecule has 0 fully saturated rings. The number of rotatable bonds is 8. The SMILES string of the molecule is CCCc1nc(CC)n(-c2ccc(O)cc2)c(=O)c1Cc1ccc(-c2ccccc2C=N)cc1. The van der Waals surface area contributed by atoms with Crippen molar-refractivity contribution in [1.82, 2.24) is 9.55 Å². The summed E-state index contributed by atoms with van der Waals surface area (Å²) in [5, 5.41) is 17.3. The summed E-state index contributed by atoms with van der Waals surface area (Å²) in [5.74, 6) is 0.886. The third kappa shape index (κ3) is 4.69. The predicted molar refractivity (Wildman–Crippen MR) is 137 cm³/mol. The molecule has 0 spiro atoms. The molecule has 4 rings (SSSR count). The van der Waals surface area contributed by atoms with Crippen LogP contribution in [0.2, 0.25) is 0 Å². The molecule has 0 saturated heterocycles. The van der Waals surface area contributed by atoms with Crippen molar-refractivity contribution in [1.29, 1.82) is 5.41 Å². The maximum atomic E-state index is 13.7. The number of nitrogens with one attached hydrogen (secondary N) is 1. The van der Waals surface area contributed by atoms with Crippen LogP contribution >= 0.6 is 0 Å². The molecular formula is C29H29N3O2. The van der Waals surface area contributed by atoms with Gasteiger partial charge in [0.1, 0.15) is 11.6 Å². The van der Waals surface area contributed by atoms with Crippen LogP contribution in [0.4, 0.5) is 0 Å².